The fourth-order valence-corrected chi connectivity index (χ4v) is 8.29. The SMILES string of the molecule is CO[C@]1(OC(C)C)CC[C@]2(C)[C@@]3(C)c4[nH]c5ccccc5c4C[C@@H]3C[C@H](OCC(=O)NCCO)[C@@]2(O)/C1=C/C(C)=O. The monoisotopic (exact) mass is 568 g/mol. The minimum atomic E-state index is -1.72. The number of aliphatic hydroxyl groups excluding tert-OH is 1. The third-order valence-electron chi connectivity index (χ3n) is 10.3. The number of aromatic amines is 1. The molecule has 0 aliphatic heterocycles. The van der Waals surface area contributed by atoms with Crippen molar-refractivity contribution in [3.8, 4) is 0 Å². The summed E-state index contributed by atoms with van der Waals surface area (Å²) in [5.41, 5.74) is 0.704. The largest absolute Gasteiger partial charge is 0.395 e. The predicted molar refractivity (Wildman–Crippen MR) is 154 cm³/mol. The number of ketones is 1. The molecule has 1 aromatic heterocycles. The van der Waals surface area contributed by atoms with Gasteiger partial charge in [-0.15, -0.1) is 0 Å². The van der Waals surface area contributed by atoms with Crippen molar-refractivity contribution in [1.29, 1.82) is 0 Å². The summed E-state index contributed by atoms with van der Waals surface area (Å²) in [6.07, 6.45) is 2.61. The Balaban J connectivity index is 1.70. The number of para-hydroxylation sites is 1. The Morgan fingerprint density at radius 2 is 1.95 bits per heavy atom. The quantitative estimate of drug-likeness (QED) is 0.270. The highest BCUT2D eigenvalue weighted by Crippen LogP contribution is 2.70. The summed E-state index contributed by atoms with van der Waals surface area (Å²) in [5, 5.41) is 26.3. The standard InChI is InChI=1S/C32H44N2O7/c1-19(2)41-31(39-6)12-11-29(4)30(5)21(16-23-22-9-7-8-10-24(22)34-28(23)30)17-26(40-18-27(37)33-13-14-35)32(29,38)25(31)15-20(3)36/h7-10,15,19,21,26,34-35,38H,11-14,16-18H2,1-6H3,(H,33,37)/b25-15+/t21-,26+,29-,30-,31+,32+/m1/s1. The number of methoxy groups -OCH3 is 1. The first-order chi connectivity index (χ1) is 19.4. The van der Waals surface area contributed by atoms with E-state index in [4.69, 9.17) is 19.3 Å². The molecule has 9 heteroatoms. The summed E-state index contributed by atoms with van der Waals surface area (Å²) < 4.78 is 18.8. The normalized spacial score (nSPS) is 35.4. The number of H-pyrrole nitrogens is 1. The van der Waals surface area contributed by atoms with Gasteiger partial charge in [-0.2, -0.15) is 0 Å². The van der Waals surface area contributed by atoms with Gasteiger partial charge in [0.1, 0.15) is 12.2 Å². The Morgan fingerprint density at radius 3 is 2.61 bits per heavy atom. The second-order valence-electron chi connectivity index (χ2n) is 12.6. The number of ether oxygens (including phenoxy) is 3. The van der Waals surface area contributed by atoms with E-state index in [1.54, 1.807) is 7.11 Å². The highest BCUT2D eigenvalue weighted by atomic mass is 16.7. The molecule has 2 saturated carbocycles. The van der Waals surface area contributed by atoms with Crippen molar-refractivity contribution in [1.82, 2.24) is 10.3 Å². The van der Waals surface area contributed by atoms with Gasteiger partial charge < -0.3 is 34.7 Å². The summed E-state index contributed by atoms with van der Waals surface area (Å²) >= 11 is 0. The molecule has 3 aliphatic carbocycles. The van der Waals surface area contributed by atoms with Crippen LogP contribution in [0.4, 0.5) is 0 Å². The molecule has 3 aliphatic rings. The van der Waals surface area contributed by atoms with Gasteiger partial charge in [-0.25, -0.2) is 0 Å². The van der Waals surface area contributed by atoms with Crippen molar-refractivity contribution < 1.29 is 34.0 Å². The van der Waals surface area contributed by atoms with Gasteiger partial charge >= 0.3 is 0 Å². The van der Waals surface area contributed by atoms with Crippen molar-refractivity contribution in [2.45, 2.75) is 89.3 Å². The summed E-state index contributed by atoms with van der Waals surface area (Å²) in [6, 6.07) is 8.27. The first kappa shape index (κ1) is 29.9. The van der Waals surface area contributed by atoms with E-state index in [9.17, 15) is 14.7 Å². The van der Waals surface area contributed by atoms with Crippen LogP contribution in [0.3, 0.4) is 0 Å². The van der Waals surface area contributed by atoms with E-state index in [2.05, 4.69) is 36.3 Å². The number of carbonyl (C=O) groups is 2. The number of hydrogen-bond donors (Lipinski definition) is 4. The lowest BCUT2D eigenvalue weighted by Crippen LogP contribution is -2.75. The van der Waals surface area contributed by atoms with Crippen LogP contribution in [-0.4, -0.2) is 77.4 Å². The maximum Gasteiger partial charge on any atom is 0.246 e. The summed E-state index contributed by atoms with van der Waals surface area (Å²) in [6.45, 7) is 9.20. The van der Waals surface area contributed by atoms with Gasteiger partial charge in [0.05, 0.1) is 18.8 Å². The number of nitrogens with one attached hydrogen (secondary N) is 2. The Hall–Kier alpha value is -2.56. The van der Waals surface area contributed by atoms with Crippen molar-refractivity contribution in [3.05, 3.63) is 47.2 Å². The van der Waals surface area contributed by atoms with Crippen molar-refractivity contribution >= 4 is 22.6 Å². The van der Waals surface area contributed by atoms with E-state index in [-0.39, 0.29) is 43.5 Å². The molecule has 4 N–H and O–H groups in total. The third-order valence-corrected chi connectivity index (χ3v) is 10.3. The lowest BCUT2D eigenvalue weighted by molar-refractivity contribution is -0.299. The number of rotatable bonds is 9. The molecular formula is C32H44N2O7. The number of hydrogen-bond acceptors (Lipinski definition) is 7. The molecule has 9 nitrogen and oxygen atoms in total. The summed E-state index contributed by atoms with van der Waals surface area (Å²) in [7, 11) is 1.54. The zero-order valence-electron chi connectivity index (χ0n) is 25.0. The van der Waals surface area contributed by atoms with E-state index in [0.29, 0.717) is 24.8 Å². The Kier molecular flexibility index (Phi) is 7.74. The van der Waals surface area contributed by atoms with E-state index in [0.717, 1.165) is 17.6 Å². The molecule has 1 heterocycles. The van der Waals surface area contributed by atoms with Crippen LogP contribution in [0.1, 0.15) is 65.1 Å². The number of aromatic nitrogens is 1. The van der Waals surface area contributed by atoms with Crippen molar-refractivity contribution in [2.24, 2.45) is 11.3 Å². The number of amides is 1. The van der Waals surface area contributed by atoms with E-state index < -0.39 is 28.3 Å². The minimum Gasteiger partial charge on any atom is -0.395 e. The molecule has 0 saturated heterocycles. The van der Waals surface area contributed by atoms with Crippen LogP contribution in [0.5, 0.6) is 0 Å². The Labute approximate surface area is 241 Å². The van der Waals surface area contributed by atoms with Crippen LogP contribution in [-0.2, 0) is 35.6 Å². The topological polar surface area (TPSA) is 130 Å². The second kappa shape index (κ2) is 10.6. The van der Waals surface area contributed by atoms with Gasteiger partial charge in [0.25, 0.3) is 0 Å². The van der Waals surface area contributed by atoms with Gasteiger partial charge in [-0.05, 0) is 63.7 Å². The van der Waals surface area contributed by atoms with Crippen molar-refractivity contribution in [3.63, 3.8) is 0 Å². The lowest BCUT2D eigenvalue weighted by atomic mass is 9.41. The van der Waals surface area contributed by atoms with E-state index in [1.165, 1.54) is 23.9 Å². The number of aliphatic hydroxyl groups is 2. The van der Waals surface area contributed by atoms with Crippen molar-refractivity contribution in [2.75, 3.05) is 26.9 Å². The van der Waals surface area contributed by atoms with Crippen LogP contribution in [0, 0.1) is 11.3 Å². The van der Waals surface area contributed by atoms with Crippen LogP contribution >= 0.6 is 0 Å². The smallest absolute Gasteiger partial charge is 0.246 e. The predicted octanol–water partition coefficient (Wildman–Crippen LogP) is 3.31. The third kappa shape index (κ3) is 4.31. The molecule has 2 aromatic rings. The van der Waals surface area contributed by atoms with Gasteiger partial charge in [0, 0.05) is 53.1 Å². The van der Waals surface area contributed by atoms with Gasteiger partial charge in [0.15, 0.2) is 11.6 Å². The number of allylic oxidation sites excluding steroid dienone is 1. The molecule has 0 unspecified atom stereocenters. The number of carbonyl (C=O) groups excluding carboxylic acids is 2. The minimum absolute atomic E-state index is 0.113. The molecule has 0 spiro atoms. The molecule has 224 valence electrons. The molecular weight excluding hydrogens is 524 g/mol. The van der Waals surface area contributed by atoms with Crippen LogP contribution in [0.15, 0.2) is 35.9 Å². The average Bonchev–Trinajstić information content (AvgIpc) is 3.43. The molecule has 0 bridgehead atoms. The molecule has 6 atom stereocenters. The molecule has 2 fully saturated rings. The Bertz CT molecular complexity index is 1370. The van der Waals surface area contributed by atoms with Gasteiger partial charge in [0.2, 0.25) is 5.91 Å². The lowest BCUT2D eigenvalue weighted by Gasteiger charge is -2.67. The zero-order chi connectivity index (χ0) is 29.8. The summed E-state index contributed by atoms with van der Waals surface area (Å²) in [4.78, 5) is 29.1. The fourth-order valence-electron chi connectivity index (χ4n) is 8.29. The molecule has 5 rings (SSSR count). The van der Waals surface area contributed by atoms with Gasteiger partial charge in [-0.3, -0.25) is 9.59 Å². The van der Waals surface area contributed by atoms with Gasteiger partial charge in [-0.1, -0.05) is 32.0 Å². The van der Waals surface area contributed by atoms with Crippen LogP contribution in [0.2, 0.25) is 0 Å². The van der Waals surface area contributed by atoms with Crippen LogP contribution < -0.4 is 5.32 Å². The summed E-state index contributed by atoms with van der Waals surface area (Å²) in [5.74, 6) is -1.86. The zero-order valence-corrected chi connectivity index (χ0v) is 25.0. The number of fused-ring (bicyclic) bond motifs is 7. The highest BCUT2D eigenvalue weighted by molar-refractivity contribution is 5.89. The average molecular weight is 569 g/mol. The molecule has 41 heavy (non-hydrogen) atoms. The maximum atomic E-state index is 13.3. The molecule has 1 amide bonds. The number of benzene rings is 1. The molecule has 1 aromatic carbocycles. The van der Waals surface area contributed by atoms with E-state index in [1.807, 2.05) is 26.0 Å². The fraction of sp³-hybridized carbons (Fsp3) is 0.625. The Morgan fingerprint density at radius 1 is 1.22 bits per heavy atom. The first-order valence-electron chi connectivity index (χ1n) is 14.7. The first-order valence-corrected chi connectivity index (χ1v) is 14.7. The highest BCUT2D eigenvalue weighted by Gasteiger charge is 2.75. The maximum absolute atomic E-state index is 13.3. The van der Waals surface area contributed by atoms with E-state index >= 15 is 0 Å². The molecule has 0 radical (unpaired) electrons. The second-order valence-corrected chi connectivity index (χ2v) is 12.6. The van der Waals surface area contributed by atoms with Crippen LogP contribution in [0.25, 0.3) is 10.9 Å².